The van der Waals surface area contributed by atoms with Crippen molar-refractivity contribution in [3.63, 3.8) is 0 Å². The molecule has 7 heteroatoms. The maximum absolute atomic E-state index is 12.0. The van der Waals surface area contributed by atoms with Crippen molar-refractivity contribution >= 4 is 11.9 Å². The predicted molar refractivity (Wildman–Crippen MR) is 91.2 cm³/mol. The number of ether oxygens (including phenoxy) is 1. The average molecular weight is 344 g/mol. The van der Waals surface area contributed by atoms with Crippen molar-refractivity contribution < 1.29 is 24.5 Å². The number of carboxylic acids is 1. The summed E-state index contributed by atoms with van der Waals surface area (Å²) in [5.74, 6) is -1.26. The molecular formula is C18H20N2O5. The molecule has 2 aromatic carbocycles. The summed E-state index contributed by atoms with van der Waals surface area (Å²) in [6.45, 7) is 0. The van der Waals surface area contributed by atoms with E-state index in [4.69, 9.17) is 21.3 Å². The fourth-order valence-electron chi connectivity index (χ4n) is 2.25. The van der Waals surface area contributed by atoms with E-state index >= 15 is 0 Å². The molecule has 0 radical (unpaired) electrons. The average Bonchev–Trinajstić information content (AvgIpc) is 2.56. The first-order chi connectivity index (χ1) is 11.8. The molecule has 0 saturated carbocycles. The summed E-state index contributed by atoms with van der Waals surface area (Å²) < 4.78 is 5.21. The van der Waals surface area contributed by atoms with Gasteiger partial charge in [-0.05, 0) is 48.2 Å². The first-order valence-electron chi connectivity index (χ1n) is 7.67. The molecule has 2 aromatic rings. The SMILES string of the molecule is N[C@@H](Cc1ccc(OC(=O)[C@@H](N)Cc2cccc(O)c2)cc1)C(=O)O. The number of aliphatic carboxylic acids is 1. The first-order valence-corrected chi connectivity index (χ1v) is 7.67. The largest absolute Gasteiger partial charge is 0.508 e. The van der Waals surface area contributed by atoms with Gasteiger partial charge >= 0.3 is 11.9 Å². The Morgan fingerprint density at radius 2 is 1.60 bits per heavy atom. The van der Waals surface area contributed by atoms with E-state index in [0.29, 0.717) is 5.75 Å². The van der Waals surface area contributed by atoms with Crippen LogP contribution >= 0.6 is 0 Å². The van der Waals surface area contributed by atoms with Crippen molar-refractivity contribution in [2.24, 2.45) is 11.5 Å². The molecule has 132 valence electrons. The third-order valence-corrected chi connectivity index (χ3v) is 3.58. The number of hydrogen-bond donors (Lipinski definition) is 4. The van der Waals surface area contributed by atoms with Gasteiger partial charge in [0.05, 0.1) is 0 Å². The van der Waals surface area contributed by atoms with Crippen molar-refractivity contribution in [1.82, 2.24) is 0 Å². The van der Waals surface area contributed by atoms with E-state index in [2.05, 4.69) is 0 Å². The fourth-order valence-corrected chi connectivity index (χ4v) is 2.25. The van der Waals surface area contributed by atoms with Crippen LogP contribution in [0.5, 0.6) is 11.5 Å². The van der Waals surface area contributed by atoms with Crippen LogP contribution in [-0.2, 0) is 22.4 Å². The second-order valence-corrected chi connectivity index (χ2v) is 5.69. The quantitative estimate of drug-likeness (QED) is 0.431. The molecule has 0 amide bonds. The summed E-state index contributed by atoms with van der Waals surface area (Å²) in [7, 11) is 0. The van der Waals surface area contributed by atoms with Gasteiger partial charge in [-0.1, -0.05) is 24.3 Å². The van der Waals surface area contributed by atoms with Gasteiger partial charge in [0.25, 0.3) is 0 Å². The number of nitrogens with two attached hydrogens (primary N) is 2. The Morgan fingerprint density at radius 1 is 0.960 bits per heavy atom. The second-order valence-electron chi connectivity index (χ2n) is 5.69. The van der Waals surface area contributed by atoms with E-state index in [1.807, 2.05) is 0 Å². The van der Waals surface area contributed by atoms with Crippen LogP contribution in [0.1, 0.15) is 11.1 Å². The van der Waals surface area contributed by atoms with Crippen LogP contribution in [0.4, 0.5) is 0 Å². The predicted octanol–water partition coefficient (Wildman–Crippen LogP) is 0.822. The van der Waals surface area contributed by atoms with Crippen LogP contribution in [0.3, 0.4) is 0 Å². The number of carbonyl (C=O) groups is 2. The summed E-state index contributed by atoms with van der Waals surface area (Å²) in [6.07, 6.45) is 0.416. The Morgan fingerprint density at radius 3 is 2.20 bits per heavy atom. The highest BCUT2D eigenvalue weighted by Crippen LogP contribution is 2.16. The number of carbonyl (C=O) groups excluding carboxylic acids is 1. The van der Waals surface area contributed by atoms with Crippen LogP contribution in [-0.4, -0.2) is 34.2 Å². The highest BCUT2D eigenvalue weighted by molar-refractivity contribution is 5.78. The van der Waals surface area contributed by atoms with Gasteiger partial charge in [-0.25, -0.2) is 4.79 Å². The molecule has 6 N–H and O–H groups in total. The third-order valence-electron chi connectivity index (χ3n) is 3.58. The van der Waals surface area contributed by atoms with Crippen molar-refractivity contribution in [3.05, 3.63) is 59.7 Å². The van der Waals surface area contributed by atoms with E-state index in [1.165, 1.54) is 12.1 Å². The lowest BCUT2D eigenvalue weighted by atomic mass is 10.1. The molecule has 0 aliphatic carbocycles. The number of rotatable bonds is 7. The minimum absolute atomic E-state index is 0.105. The zero-order chi connectivity index (χ0) is 18.4. The van der Waals surface area contributed by atoms with Crippen LogP contribution in [0.2, 0.25) is 0 Å². The van der Waals surface area contributed by atoms with E-state index in [-0.39, 0.29) is 18.6 Å². The summed E-state index contributed by atoms with van der Waals surface area (Å²) in [4.78, 5) is 22.8. The Hall–Kier alpha value is -2.90. The number of esters is 1. The van der Waals surface area contributed by atoms with Crippen molar-refractivity contribution in [1.29, 1.82) is 0 Å². The number of hydrogen-bond acceptors (Lipinski definition) is 6. The van der Waals surface area contributed by atoms with Crippen molar-refractivity contribution in [2.75, 3.05) is 0 Å². The third kappa shape index (κ3) is 5.59. The Kier molecular flexibility index (Phi) is 6.10. The zero-order valence-electron chi connectivity index (χ0n) is 13.5. The molecule has 0 spiro atoms. The van der Waals surface area contributed by atoms with Gasteiger partial charge in [-0.2, -0.15) is 0 Å². The van der Waals surface area contributed by atoms with E-state index in [9.17, 15) is 14.7 Å². The molecule has 0 heterocycles. The fraction of sp³-hybridized carbons (Fsp3) is 0.222. The van der Waals surface area contributed by atoms with Crippen LogP contribution < -0.4 is 16.2 Å². The smallest absolute Gasteiger partial charge is 0.328 e. The molecule has 0 unspecified atom stereocenters. The summed E-state index contributed by atoms with van der Waals surface area (Å²) >= 11 is 0. The number of carboxylic acid groups (broad SMARTS) is 1. The molecule has 2 atom stereocenters. The minimum atomic E-state index is -1.08. The Labute approximate surface area is 144 Å². The Bertz CT molecular complexity index is 745. The van der Waals surface area contributed by atoms with Gasteiger partial charge in [0.15, 0.2) is 0 Å². The standard InChI is InChI=1S/C18H20N2O5/c19-15(17(22)23)9-11-4-6-14(7-5-11)25-18(24)16(20)10-12-2-1-3-13(21)8-12/h1-8,15-16,21H,9-10,19-20H2,(H,22,23)/t15-,16-/m0/s1. The maximum atomic E-state index is 12.0. The van der Waals surface area contributed by atoms with Gasteiger partial charge in [-0.3, -0.25) is 4.79 Å². The normalized spacial score (nSPS) is 13.0. The molecule has 25 heavy (non-hydrogen) atoms. The van der Waals surface area contributed by atoms with Gasteiger partial charge in [-0.15, -0.1) is 0 Å². The van der Waals surface area contributed by atoms with Gasteiger partial charge in [0.1, 0.15) is 23.6 Å². The van der Waals surface area contributed by atoms with Gasteiger partial charge < -0.3 is 26.4 Å². The molecule has 2 rings (SSSR count). The second kappa shape index (κ2) is 8.27. The number of phenolic OH excluding ortho intramolecular Hbond substituents is 1. The van der Waals surface area contributed by atoms with E-state index in [0.717, 1.165) is 11.1 Å². The molecule has 0 bridgehead atoms. The minimum Gasteiger partial charge on any atom is -0.508 e. The highest BCUT2D eigenvalue weighted by Gasteiger charge is 2.17. The van der Waals surface area contributed by atoms with Crippen molar-refractivity contribution in [3.8, 4) is 11.5 Å². The lowest BCUT2D eigenvalue weighted by Crippen LogP contribution is -2.36. The molecular weight excluding hydrogens is 324 g/mol. The summed E-state index contributed by atoms with van der Waals surface area (Å²) in [6, 6.07) is 11.0. The molecule has 0 aromatic heterocycles. The highest BCUT2D eigenvalue weighted by atomic mass is 16.5. The molecule has 0 fully saturated rings. The first kappa shape index (κ1) is 18.4. The van der Waals surface area contributed by atoms with Crippen LogP contribution in [0.15, 0.2) is 48.5 Å². The molecule has 0 saturated heterocycles. The number of benzene rings is 2. The lowest BCUT2D eigenvalue weighted by molar-refractivity contribution is -0.138. The summed E-state index contributed by atoms with van der Waals surface area (Å²) in [5, 5.41) is 18.2. The monoisotopic (exact) mass is 344 g/mol. The van der Waals surface area contributed by atoms with Crippen LogP contribution in [0.25, 0.3) is 0 Å². The maximum Gasteiger partial charge on any atom is 0.328 e. The van der Waals surface area contributed by atoms with Crippen molar-refractivity contribution in [2.45, 2.75) is 24.9 Å². The lowest BCUT2D eigenvalue weighted by Gasteiger charge is -2.12. The van der Waals surface area contributed by atoms with Gasteiger partial charge in [0.2, 0.25) is 0 Å². The molecule has 7 nitrogen and oxygen atoms in total. The van der Waals surface area contributed by atoms with E-state index in [1.54, 1.807) is 36.4 Å². The zero-order valence-corrected chi connectivity index (χ0v) is 13.5. The van der Waals surface area contributed by atoms with E-state index < -0.39 is 24.0 Å². The summed E-state index contributed by atoms with van der Waals surface area (Å²) in [5.41, 5.74) is 12.8. The number of phenols is 1. The van der Waals surface area contributed by atoms with Crippen LogP contribution in [0, 0.1) is 0 Å². The van der Waals surface area contributed by atoms with Gasteiger partial charge in [0, 0.05) is 0 Å². The Balaban J connectivity index is 1.92. The molecule has 0 aliphatic heterocycles. The topological polar surface area (TPSA) is 136 Å². The molecule has 0 aliphatic rings. The number of aromatic hydroxyl groups is 1.